The average Bonchev–Trinajstić information content (AvgIpc) is 3.01. The number of nitrogens with zero attached hydrogens (tertiary/aromatic N) is 1. The molecule has 2 aliphatic rings. The molecule has 3 aromatic carbocycles. The molecule has 0 saturated carbocycles. The number of likely N-dealkylation sites (tertiary alicyclic amines) is 1. The molecule has 3 N–H and O–H groups in total. The molecule has 0 bridgehead atoms. The van der Waals surface area contributed by atoms with E-state index < -0.39 is 39.3 Å². The minimum absolute atomic E-state index is 0.0798. The summed E-state index contributed by atoms with van der Waals surface area (Å²) in [6, 6.07) is 18.9. The summed E-state index contributed by atoms with van der Waals surface area (Å²) in [6.45, 7) is 3.08. The van der Waals surface area contributed by atoms with Crippen LogP contribution in [0.3, 0.4) is 0 Å². The third-order valence-electron chi connectivity index (χ3n) is 8.22. The Morgan fingerprint density at radius 2 is 1.66 bits per heavy atom. The van der Waals surface area contributed by atoms with Gasteiger partial charge in [0, 0.05) is 55.4 Å². The molecule has 1 saturated heterocycles. The Morgan fingerprint density at radius 3 is 2.27 bits per heavy atom. The Balaban J connectivity index is 1.39. The van der Waals surface area contributed by atoms with Crippen LogP contribution in [0.25, 0.3) is 0 Å². The third-order valence-corrected chi connectivity index (χ3v) is 9.76. The zero-order chi connectivity index (χ0) is 31.3. The van der Waals surface area contributed by atoms with Gasteiger partial charge in [0.15, 0.2) is 0 Å². The molecule has 5 rings (SSSR count). The van der Waals surface area contributed by atoms with Crippen LogP contribution in [0.1, 0.15) is 37.3 Å². The standard InChI is InChI=1S/C32H36FN3O7S/c1-2-42-17-7-16-32(26-8-3-5-10-28(26)43-29-11-6-4-9-27(29)32)21-34-30(37)22-18-24(20-36(19-22)31(38)39)35-44(40,41)25-14-12-23(33)13-15-25/h3-6,8-15,22,24,35H,2,7,16-21H2,1H3,(H,34,37)(H,38,39)/t22-,24+/m0/s1. The number of rotatable bonds is 11. The number of hydrogen-bond acceptors (Lipinski definition) is 6. The molecular formula is C32H36FN3O7S. The molecule has 0 aromatic heterocycles. The summed E-state index contributed by atoms with van der Waals surface area (Å²) in [6.07, 6.45) is 0.198. The van der Waals surface area contributed by atoms with Gasteiger partial charge in [-0.15, -0.1) is 0 Å². The van der Waals surface area contributed by atoms with Crippen LogP contribution in [0.5, 0.6) is 11.5 Å². The Morgan fingerprint density at radius 1 is 1.02 bits per heavy atom. The largest absolute Gasteiger partial charge is 0.465 e. The zero-order valence-corrected chi connectivity index (χ0v) is 25.2. The molecule has 2 amide bonds. The number of carbonyl (C=O) groups is 2. The maximum absolute atomic E-state index is 13.8. The van der Waals surface area contributed by atoms with E-state index in [-0.39, 0.29) is 36.9 Å². The average molecular weight is 626 g/mol. The van der Waals surface area contributed by atoms with Gasteiger partial charge in [-0.3, -0.25) is 4.79 Å². The van der Waals surface area contributed by atoms with Crippen LogP contribution in [0.15, 0.2) is 77.7 Å². The SMILES string of the molecule is CCOCCCC1(CNC(=O)[C@H]2C[C@@H](NS(=O)(=O)c3ccc(F)cc3)CN(C(=O)O)C2)c2ccccc2Oc2ccccc21. The molecule has 44 heavy (non-hydrogen) atoms. The van der Waals surface area contributed by atoms with E-state index in [1.807, 2.05) is 55.5 Å². The zero-order valence-electron chi connectivity index (χ0n) is 24.4. The second kappa shape index (κ2) is 13.3. The fourth-order valence-corrected chi connectivity index (χ4v) is 7.39. The van der Waals surface area contributed by atoms with E-state index in [9.17, 15) is 27.5 Å². The van der Waals surface area contributed by atoms with Gasteiger partial charge in [-0.05, 0) is 62.6 Å². The van der Waals surface area contributed by atoms with Gasteiger partial charge < -0.3 is 24.8 Å². The normalized spacial score (nSPS) is 18.9. The fraction of sp³-hybridized carbons (Fsp3) is 0.375. The van der Waals surface area contributed by atoms with Crippen LogP contribution >= 0.6 is 0 Å². The summed E-state index contributed by atoms with van der Waals surface area (Å²) in [5.74, 6) is -0.385. The van der Waals surface area contributed by atoms with Gasteiger partial charge >= 0.3 is 6.09 Å². The first-order valence-electron chi connectivity index (χ1n) is 14.6. The molecule has 0 radical (unpaired) electrons. The molecule has 1 fully saturated rings. The van der Waals surface area contributed by atoms with Gasteiger partial charge in [0.05, 0.1) is 10.8 Å². The molecule has 2 aliphatic heterocycles. The number of sulfonamides is 1. The predicted molar refractivity (Wildman–Crippen MR) is 161 cm³/mol. The van der Waals surface area contributed by atoms with E-state index in [0.717, 1.165) is 46.7 Å². The molecule has 0 aliphatic carbocycles. The Kier molecular flexibility index (Phi) is 9.52. The van der Waals surface area contributed by atoms with Gasteiger partial charge in [-0.2, -0.15) is 0 Å². The summed E-state index contributed by atoms with van der Waals surface area (Å²) in [5.41, 5.74) is 1.20. The molecule has 3 aromatic rings. The first kappa shape index (κ1) is 31.4. The van der Waals surface area contributed by atoms with E-state index in [0.29, 0.717) is 31.1 Å². The summed E-state index contributed by atoms with van der Waals surface area (Å²) in [7, 11) is -4.09. The number of carboxylic acid groups (broad SMARTS) is 1. The number of hydrogen-bond donors (Lipinski definition) is 3. The van der Waals surface area contributed by atoms with Gasteiger partial charge in [0.1, 0.15) is 17.3 Å². The number of amides is 2. The van der Waals surface area contributed by atoms with Crippen LogP contribution in [0.2, 0.25) is 0 Å². The number of halogens is 1. The van der Waals surface area contributed by atoms with Gasteiger partial charge in [0.25, 0.3) is 0 Å². The first-order valence-corrected chi connectivity index (χ1v) is 16.1. The van der Waals surface area contributed by atoms with Crippen LogP contribution in [-0.4, -0.2) is 69.3 Å². The van der Waals surface area contributed by atoms with Gasteiger partial charge in [0.2, 0.25) is 15.9 Å². The topological polar surface area (TPSA) is 134 Å². The highest BCUT2D eigenvalue weighted by atomic mass is 32.2. The summed E-state index contributed by atoms with van der Waals surface area (Å²) in [5, 5.41) is 12.9. The number of piperidine rings is 1. The van der Waals surface area contributed by atoms with Crippen LogP contribution in [-0.2, 0) is 25.0 Å². The number of carbonyl (C=O) groups excluding carboxylic acids is 1. The van der Waals surface area contributed by atoms with Crippen molar-refractivity contribution in [2.45, 2.75) is 42.5 Å². The maximum atomic E-state index is 13.8. The van der Waals surface area contributed by atoms with Crippen molar-refractivity contribution in [2.24, 2.45) is 5.92 Å². The first-order chi connectivity index (χ1) is 21.1. The summed E-state index contributed by atoms with van der Waals surface area (Å²) in [4.78, 5) is 26.6. The van der Waals surface area contributed by atoms with E-state index in [1.54, 1.807) is 0 Å². The van der Waals surface area contributed by atoms with E-state index in [1.165, 1.54) is 0 Å². The Labute approximate surface area is 256 Å². The van der Waals surface area contributed by atoms with Crippen molar-refractivity contribution in [3.05, 3.63) is 89.7 Å². The highest BCUT2D eigenvalue weighted by molar-refractivity contribution is 7.89. The van der Waals surface area contributed by atoms with Crippen molar-refractivity contribution in [3.63, 3.8) is 0 Å². The van der Waals surface area contributed by atoms with Crippen molar-refractivity contribution in [3.8, 4) is 11.5 Å². The lowest BCUT2D eigenvalue weighted by Gasteiger charge is -2.41. The summed E-state index contributed by atoms with van der Waals surface area (Å²) >= 11 is 0. The molecule has 0 spiro atoms. The minimum atomic E-state index is -4.09. The molecule has 0 unspecified atom stereocenters. The molecular weight excluding hydrogens is 589 g/mol. The number of nitrogens with one attached hydrogen (secondary N) is 2. The monoisotopic (exact) mass is 625 g/mol. The smallest absolute Gasteiger partial charge is 0.407 e. The lowest BCUT2D eigenvalue weighted by Crippen LogP contribution is -2.56. The van der Waals surface area contributed by atoms with Crippen molar-refractivity contribution in [1.82, 2.24) is 14.9 Å². The highest BCUT2D eigenvalue weighted by Gasteiger charge is 2.43. The van der Waals surface area contributed by atoms with Crippen LogP contribution in [0.4, 0.5) is 9.18 Å². The Bertz CT molecular complexity index is 1550. The molecule has 2 heterocycles. The van der Waals surface area contributed by atoms with Gasteiger partial charge in [-0.1, -0.05) is 36.4 Å². The van der Waals surface area contributed by atoms with E-state index in [2.05, 4.69) is 10.0 Å². The van der Waals surface area contributed by atoms with Crippen molar-refractivity contribution < 1.29 is 37.0 Å². The third kappa shape index (κ3) is 6.72. The number of benzene rings is 3. The fourth-order valence-electron chi connectivity index (χ4n) is 6.15. The maximum Gasteiger partial charge on any atom is 0.407 e. The van der Waals surface area contributed by atoms with Crippen LogP contribution in [0, 0.1) is 11.7 Å². The van der Waals surface area contributed by atoms with Crippen molar-refractivity contribution in [1.29, 1.82) is 0 Å². The van der Waals surface area contributed by atoms with Crippen molar-refractivity contribution in [2.75, 3.05) is 32.8 Å². The predicted octanol–water partition coefficient (Wildman–Crippen LogP) is 4.50. The molecule has 2 atom stereocenters. The van der Waals surface area contributed by atoms with E-state index in [4.69, 9.17) is 9.47 Å². The van der Waals surface area contributed by atoms with Gasteiger partial charge in [-0.25, -0.2) is 22.3 Å². The van der Waals surface area contributed by atoms with Crippen molar-refractivity contribution >= 4 is 22.0 Å². The molecule has 234 valence electrons. The van der Waals surface area contributed by atoms with Crippen LogP contribution < -0.4 is 14.8 Å². The minimum Gasteiger partial charge on any atom is -0.465 e. The lowest BCUT2D eigenvalue weighted by atomic mass is 9.69. The quantitative estimate of drug-likeness (QED) is 0.267. The second-order valence-electron chi connectivity index (χ2n) is 11.1. The lowest BCUT2D eigenvalue weighted by molar-refractivity contribution is -0.126. The molecule has 12 heteroatoms. The highest BCUT2D eigenvalue weighted by Crippen LogP contribution is 2.50. The number of fused-ring (bicyclic) bond motifs is 2. The molecule has 10 nitrogen and oxygen atoms in total. The second-order valence-corrected chi connectivity index (χ2v) is 12.8. The number of ether oxygens (including phenoxy) is 2. The number of para-hydroxylation sites is 2. The Hall–Kier alpha value is -4.00. The summed E-state index contributed by atoms with van der Waals surface area (Å²) < 4.78 is 53.7. The van der Waals surface area contributed by atoms with E-state index >= 15 is 0 Å².